The van der Waals surface area contributed by atoms with Crippen molar-refractivity contribution in [2.45, 2.75) is 11.8 Å². The molecule has 0 N–H and O–H groups in total. The molecule has 0 spiro atoms. The van der Waals surface area contributed by atoms with Crippen LogP contribution in [0, 0.1) is 0 Å². The molecule has 2 nitrogen and oxygen atoms in total. The fourth-order valence-corrected chi connectivity index (χ4v) is 0.474. The predicted molar refractivity (Wildman–Crippen MR) is 40.1 cm³/mol. The highest BCUT2D eigenvalue weighted by atomic mass is 79.9. The first-order valence-corrected chi connectivity index (χ1v) is 3.95. The molecule has 0 aromatic rings. The van der Waals surface area contributed by atoms with Crippen LogP contribution in [0.3, 0.4) is 0 Å². The first kappa shape index (κ1) is 9.24. The van der Waals surface area contributed by atoms with Crippen LogP contribution in [0.5, 0.6) is 0 Å². The summed E-state index contributed by atoms with van der Waals surface area (Å²) < 4.78 is 4.62. The van der Waals surface area contributed by atoms with E-state index >= 15 is 0 Å². The maximum absolute atomic E-state index is 10.2. The number of halogens is 2. The molecule has 1 unspecified atom stereocenters. The maximum atomic E-state index is 10.2. The van der Waals surface area contributed by atoms with Crippen LogP contribution in [0.25, 0.3) is 0 Å². The lowest BCUT2D eigenvalue weighted by Crippen LogP contribution is -2.12. The molecule has 0 aliphatic carbocycles. The van der Waals surface area contributed by atoms with Gasteiger partial charge in [0.1, 0.15) is 6.61 Å². The fourth-order valence-electron chi connectivity index (χ4n) is 0.252. The number of esters is 1. The van der Waals surface area contributed by atoms with E-state index < -0.39 is 0 Å². The highest BCUT2D eigenvalue weighted by Crippen LogP contribution is 2.01. The van der Waals surface area contributed by atoms with E-state index in [9.17, 15) is 4.79 Å². The topological polar surface area (TPSA) is 26.3 Å². The standard InChI is InChI=1S/C5H8BrClO2/c1-4(8)9-3-5(6)2-7/h5H,2-3H2,1H3. The lowest BCUT2D eigenvalue weighted by molar-refractivity contribution is -0.140. The summed E-state index contributed by atoms with van der Waals surface area (Å²) in [5.41, 5.74) is 0. The van der Waals surface area contributed by atoms with Crippen molar-refractivity contribution in [1.29, 1.82) is 0 Å². The molecule has 0 saturated carbocycles. The van der Waals surface area contributed by atoms with Crippen LogP contribution in [-0.2, 0) is 9.53 Å². The van der Waals surface area contributed by atoms with E-state index in [0.717, 1.165) is 0 Å². The molecule has 0 aliphatic rings. The minimum atomic E-state index is -0.274. The van der Waals surface area contributed by atoms with E-state index in [1.165, 1.54) is 6.92 Å². The number of hydrogen-bond acceptors (Lipinski definition) is 2. The van der Waals surface area contributed by atoms with Gasteiger partial charge in [0, 0.05) is 12.8 Å². The molecule has 1 atom stereocenters. The zero-order valence-corrected chi connectivity index (χ0v) is 7.41. The molecule has 0 fully saturated rings. The Kier molecular flexibility index (Phi) is 5.19. The van der Waals surface area contributed by atoms with Crippen LogP contribution in [0.1, 0.15) is 6.92 Å². The summed E-state index contributed by atoms with van der Waals surface area (Å²) in [5, 5.41) is 0. The van der Waals surface area contributed by atoms with Gasteiger partial charge in [-0.15, -0.1) is 11.6 Å². The summed E-state index contributed by atoms with van der Waals surface area (Å²) in [6.07, 6.45) is 0. The van der Waals surface area contributed by atoms with Crippen LogP contribution in [0.15, 0.2) is 0 Å². The summed E-state index contributed by atoms with van der Waals surface area (Å²) in [5.74, 6) is 0.178. The number of hydrogen-bond donors (Lipinski definition) is 0. The van der Waals surface area contributed by atoms with E-state index in [0.29, 0.717) is 12.5 Å². The van der Waals surface area contributed by atoms with Crippen molar-refractivity contribution in [1.82, 2.24) is 0 Å². The molecule has 0 rings (SSSR count). The van der Waals surface area contributed by atoms with E-state index in [2.05, 4.69) is 20.7 Å². The van der Waals surface area contributed by atoms with Crippen LogP contribution in [-0.4, -0.2) is 23.3 Å². The Bertz CT molecular complexity index is 97.0. The SMILES string of the molecule is CC(=O)OCC(Br)CCl. The van der Waals surface area contributed by atoms with Crippen molar-refractivity contribution < 1.29 is 9.53 Å². The van der Waals surface area contributed by atoms with Gasteiger partial charge in [0.25, 0.3) is 0 Å². The number of ether oxygens (including phenoxy) is 1. The summed E-state index contributed by atoms with van der Waals surface area (Å²) in [6, 6.07) is 0. The van der Waals surface area contributed by atoms with Gasteiger partial charge in [-0.1, -0.05) is 15.9 Å². The zero-order chi connectivity index (χ0) is 7.28. The van der Waals surface area contributed by atoms with Crippen molar-refractivity contribution in [2.75, 3.05) is 12.5 Å². The number of rotatable bonds is 3. The van der Waals surface area contributed by atoms with Gasteiger partial charge in [0.05, 0.1) is 4.83 Å². The van der Waals surface area contributed by atoms with Crippen LogP contribution in [0.2, 0.25) is 0 Å². The maximum Gasteiger partial charge on any atom is 0.302 e. The van der Waals surface area contributed by atoms with Crippen molar-refractivity contribution in [3.8, 4) is 0 Å². The fraction of sp³-hybridized carbons (Fsp3) is 0.800. The zero-order valence-electron chi connectivity index (χ0n) is 5.06. The van der Waals surface area contributed by atoms with Gasteiger partial charge in [-0.3, -0.25) is 4.79 Å². The molecule has 0 aromatic heterocycles. The number of alkyl halides is 2. The first-order chi connectivity index (χ1) is 4.16. The predicted octanol–water partition coefficient (Wildman–Crippen LogP) is 1.55. The minimum Gasteiger partial charge on any atom is -0.465 e. The van der Waals surface area contributed by atoms with Crippen LogP contribution in [0.4, 0.5) is 0 Å². The Balaban J connectivity index is 3.16. The molecular weight excluding hydrogens is 207 g/mol. The molecule has 0 radical (unpaired) electrons. The van der Waals surface area contributed by atoms with Crippen LogP contribution >= 0.6 is 27.5 Å². The van der Waals surface area contributed by atoms with Gasteiger partial charge in [-0.2, -0.15) is 0 Å². The Labute approximate surface area is 67.6 Å². The second kappa shape index (κ2) is 5.06. The summed E-state index contributed by atoms with van der Waals surface area (Å²) >= 11 is 8.59. The van der Waals surface area contributed by atoms with Crippen molar-refractivity contribution in [2.24, 2.45) is 0 Å². The van der Waals surface area contributed by atoms with Gasteiger partial charge in [0.15, 0.2) is 0 Å². The van der Waals surface area contributed by atoms with E-state index in [4.69, 9.17) is 11.6 Å². The van der Waals surface area contributed by atoms with Gasteiger partial charge >= 0.3 is 5.97 Å². The Hall–Kier alpha value is 0.240. The Morgan fingerprint density at radius 1 is 1.89 bits per heavy atom. The highest BCUT2D eigenvalue weighted by Gasteiger charge is 2.02. The lowest BCUT2D eigenvalue weighted by atomic mass is 10.5. The third-order valence-corrected chi connectivity index (χ3v) is 1.97. The van der Waals surface area contributed by atoms with Crippen molar-refractivity contribution >= 4 is 33.5 Å². The molecule has 9 heavy (non-hydrogen) atoms. The monoisotopic (exact) mass is 214 g/mol. The minimum absolute atomic E-state index is 0.0723. The first-order valence-electron chi connectivity index (χ1n) is 2.50. The van der Waals surface area contributed by atoms with E-state index in [1.54, 1.807) is 0 Å². The molecule has 0 aromatic carbocycles. The third-order valence-electron chi connectivity index (χ3n) is 0.635. The molecule has 4 heteroatoms. The van der Waals surface area contributed by atoms with Gasteiger partial charge in [0.2, 0.25) is 0 Å². The van der Waals surface area contributed by atoms with Gasteiger partial charge in [-0.05, 0) is 0 Å². The molecule has 0 amide bonds. The molecular formula is C5H8BrClO2. The lowest BCUT2D eigenvalue weighted by Gasteiger charge is -2.03. The quantitative estimate of drug-likeness (QED) is 0.527. The number of carbonyl (C=O) groups excluding carboxylic acids is 1. The summed E-state index contributed by atoms with van der Waals surface area (Å²) in [7, 11) is 0. The smallest absolute Gasteiger partial charge is 0.302 e. The summed E-state index contributed by atoms with van der Waals surface area (Å²) in [6.45, 7) is 1.72. The van der Waals surface area contributed by atoms with Gasteiger partial charge < -0.3 is 4.74 Å². The van der Waals surface area contributed by atoms with E-state index in [1.807, 2.05) is 0 Å². The summed E-state index contributed by atoms with van der Waals surface area (Å²) in [4.78, 5) is 10.3. The second-order valence-electron chi connectivity index (χ2n) is 1.55. The molecule has 0 bridgehead atoms. The molecule has 54 valence electrons. The molecule has 0 heterocycles. The molecule has 0 aliphatic heterocycles. The van der Waals surface area contributed by atoms with Crippen molar-refractivity contribution in [3.63, 3.8) is 0 Å². The largest absolute Gasteiger partial charge is 0.465 e. The second-order valence-corrected chi connectivity index (χ2v) is 3.16. The van der Waals surface area contributed by atoms with Crippen molar-refractivity contribution in [3.05, 3.63) is 0 Å². The van der Waals surface area contributed by atoms with E-state index in [-0.39, 0.29) is 10.8 Å². The highest BCUT2D eigenvalue weighted by molar-refractivity contribution is 9.09. The normalized spacial score (nSPS) is 12.8. The third kappa shape index (κ3) is 6.12. The molecule has 0 saturated heterocycles. The Morgan fingerprint density at radius 3 is 2.78 bits per heavy atom. The van der Waals surface area contributed by atoms with Crippen LogP contribution < -0.4 is 0 Å². The average Bonchev–Trinajstić information content (AvgIpc) is 1.83. The average molecular weight is 215 g/mol. The van der Waals surface area contributed by atoms with Gasteiger partial charge in [-0.25, -0.2) is 0 Å². The Morgan fingerprint density at radius 2 is 2.44 bits per heavy atom. The number of carbonyl (C=O) groups is 1.